The van der Waals surface area contributed by atoms with Crippen molar-refractivity contribution in [1.82, 2.24) is 25.3 Å². The Labute approximate surface area is 191 Å². The number of nitrogens with two attached hydrogens (primary N) is 1. The number of amides is 1. The van der Waals surface area contributed by atoms with Crippen LogP contribution in [0.15, 0.2) is 30.3 Å². The molecule has 0 atom stereocenters. The van der Waals surface area contributed by atoms with E-state index in [4.69, 9.17) is 20.4 Å². The van der Waals surface area contributed by atoms with E-state index in [2.05, 4.69) is 40.5 Å². The monoisotopic (exact) mass is 452 g/mol. The standard InChI is InChI=1S/C22H26N6O2.CH2O2/c1-5-30-19-11-18-14(10-15(19)21(23)29)20(28(4)27-18)17-7-6-16(25-26-17)13-8-9-24-22(2,3)12-13;2-1-3/h6-7,10-12,24H,5,8-9H2,1-4H3,(H2,23,29);1H,(H,2,3). The number of aromatic nitrogens is 4. The van der Waals surface area contributed by atoms with Crippen molar-refractivity contribution in [2.24, 2.45) is 12.8 Å². The van der Waals surface area contributed by atoms with Crippen LogP contribution in [0.3, 0.4) is 0 Å². The van der Waals surface area contributed by atoms with Crippen LogP contribution in [0.1, 0.15) is 43.2 Å². The zero-order valence-corrected chi connectivity index (χ0v) is 19.1. The first-order valence-corrected chi connectivity index (χ1v) is 10.5. The van der Waals surface area contributed by atoms with Crippen LogP contribution in [0.2, 0.25) is 0 Å². The molecule has 0 radical (unpaired) electrons. The zero-order chi connectivity index (χ0) is 24.2. The number of aryl methyl sites for hydroxylation is 1. The van der Waals surface area contributed by atoms with Crippen LogP contribution in [-0.2, 0) is 11.8 Å². The summed E-state index contributed by atoms with van der Waals surface area (Å²) in [7, 11) is 1.84. The largest absolute Gasteiger partial charge is 0.493 e. The summed E-state index contributed by atoms with van der Waals surface area (Å²) in [6, 6.07) is 7.39. The van der Waals surface area contributed by atoms with E-state index in [0.717, 1.165) is 29.7 Å². The van der Waals surface area contributed by atoms with Gasteiger partial charge >= 0.3 is 0 Å². The normalized spacial score (nSPS) is 14.7. The van der Waals surface area contributed by atoms with Gasteiger partial charge in [-0.25, -0.2) is 0 Å². The molecular formula is C23H28N6O4. The molecule has 3 aromatic rings. The number of benzene rings is 1. The lowest BCUT2D eigenvalue weighted by Crippen LogP contribution is -2.41. The Kier molecular flexibility index (Phi) is 7.07. The first kappa shape index (κ1) is 23.9. The van der Waals surface area contributed by atoms with Gasteiger partial charge in [0.15, 0.2) is 0 Å². The van der Waals surface area contributed by atoms with E-state index in [-0.39, 0.29) is 12.0 Å². The molecule has 174 valence electrons. The highest BCUT2D eigenvalue weighted by Gasteiger charge is 2.22. The van der Waals surface area contributed by atoms with Gasteiger partial charge < -0.3 is 20.9 Å². The van der Waals surface area contributed by atoms with Gasteiger partial charge in [0.2, 0.25) is 0 Å². The Bertz CT molecular complexity index is 1200. The highest BCUT2D eigenvalue weighted by atomic mass is 16.5. The third kappa shape index (κ3) is 5.17. The Hall–Kier alpha value is -3.79. The van der Waals surface area contributed by atoms with Gasteiger partial charge in [-0.05, 0) is 51.0 Å². The third-order valence-electron chi connectivity index (χ3n) is 5.25. The molecule has 0 saturated carbocycles. The van der Waals surface area contributed by atoms with Crippen LogP contribution in [0.5, 0.6) is 5.75 Å². The van der Waals surface area contributed by atoms with Crippen LogP contribution >= 0.6 is 0 Å². The number of carbonyl (C=O) groups excluding carboxylic acids is 1. The molecule has 1 aliphatic rings. The van der Waals surface area contributed by atoms with Crippen molar-refractivity contribution in [3.63, 3.8) is 0 Å². The van der Waals surface area contributed by atoms with Gasteiger partial charge in [0.25, 0.3) is 12.4 Å². The topological polar surface area (TPSA) is 145 Å². The number of hydrogen-bond donors (Lipinski definition) is 3. The highest BCUT2D eigenvalue weighted by molar-refractivity contribution is 6.03. The molecule has 10 heteroatoms. The van der Waals surface area contributed by atoms with Gasteiger partial charge in [-0.15, -0.1) is 5.10 Å². The molecule has 1 aromatic carbocycles. The predicted octanol–water partition coefficient (Wildman–Crippen LogP) is 2.38. The number of rotatable bonds is 5. The summed E-state index contributed by atoms with van der Waals surface area (Å²) >= 11 is 0. The van der Waals surface area contributed by atoms with Crippen molar-refractivity contribution in [2.75, 3.05) is 13.2 Å². The molecule has 33 heavy (non-hydrogen) atoms. The van der Waals surface area contributed by atoms with Crippen LogP contribution in [-0.4, -0.2) is 56.2 Å². The van der Waals surface area contributed by atoms with Crippen molar-refractivity contribution in [3.05, 3.63) is 41.6 Å². The molecule has 0 spiro atoms. The maximum Gasteiger partial charge on any atom is 0.290 e. The molecule has 1 aliphatic heterocycles. The first-order chi connectivity index (χ1) is 15.7. The Morgan fingerprint density at radius 2 is 1.97 bits per heavy atom. The second-order valence-corrected chi connectivity index (χ2v) is 8.11. The van der Waals surface area contributed by atoms with E-state index in [0.29, 0.717) is 29.1 Å². The molecule has 3 heterocycles. The molecule has 4 N–H and O–H groups in total. The number of hydrogen-bond acceptors (Lipinski definition) is 7. The maximum absolute atomic E-state index is 11.9. The minimum atomic E-state index is -0.544. The molecule has 0 saturated heterocycles. The summed E-state index contributed by atoms with van der Waals surface area (Å²) in [5.74, 6) is -0.110. The van der Waals surface area contributed by atoms with Gasteiger partial charge in [-0.2, -0.15) is 10.2 Å². The molecular weight excluding hydrogens is 424 g/mol. The molecule has 0 fully saturated rings. The first-order valence-electron chi connectivity index (χ1n) is 10.5. The quantitative estimate of drug-likeness (QED) is 0.500. The number of nitrogens with one attached hydrogen (secondary N) is 1. The second-order valence-electron chi connectivity index (χ2n) is 8.11. The second kappa shape index (κ2) is 9.78. The van der Waals surface area contributed by atoms with Crippen molar-refractivity contribution in [3.8, 4) is 17.1 Å². The van der Waals surface area contributed by atoms with Crippen molar-refractivity contribution >= 4 is 28.9 Å². The van der Waals surface area contributed by atoms with Gasteiger partial charge in [-0.3, -0.25) is 14.3 Å². The Morgan fingerprint density at radius 3 is 2.55 bits per heavy atom. The zero-order valence-electron chi connectivity index (χ0n) is 19.1. The summed E-state index contributed by atoms with van der Waals surface area (Å²) in [6.45, 7) is 7.23. The van der Waals surface area contributed by atoms with E-state index in [9.17, 15) is 4.79 Å². The summed E-state index contributed by atoms with van der Waals surface area (Å²) in [5.41, 5.74) is 10.0. The molecule has 10 nitrogen and oxygen atoms in total. The van der Waals surface area contributed by atoms with Crippen molar-refractivity contribution in [1.29, 1.82) is 0 Å². The fourth-order valence-electron chi connectivity index (χ4n) is 3.91. The van der Waals surface area contributed by atoms with Gasteiger partial charge in [0.05, 0.1) is 29.1 Å². The highest BCUT2D eigenvalue weighted by Crippen LogP contribution is 2.33. The van der Waals surface area contributed by atoms with Crippen molar-refractivity contribution < 1.29 is 19.4 Å². The van der Waals surface area contributed by atoms with Crippen LogP contribution in [0, 0.1) is 0 Å². The molecule has 4 rings (SSSR count). The van der Waals surface area contributed by atoms with Crippen LogP contribution < -0.4 is 15.8 Å². The van der Waals surface area contributed by atoms with Crippen LogP contribution in [0.4, 0.5) is 0 Å². The minimum absolute atomic E-state index is 0.0599. The summed E-state index contributed by atoms with van der Waals surface area (Å²) < 4.78 is 7.31. The summed E-state index contributed by atoms with van der Waals surface area (Å²) in [6.07, 6.45) is 3.11. The molecule has 0 unspecified atom stereocenters. The summed E-state index contributed by atoms with van der Waals surface area (Å²) in [4.78, 5) is 20.3. The van der Waals surface area contributed by atoms with E-state index in [1.54, 1.807) is 16.8 Å². The fourth-order valence-corrected chi connectivity index (χ4v) is 3.91. The number of carbonyl (C=O) groups is 2. The van der Waals surface area contributed by atoms with Gasteiger partial charge in [0, 0.05) is 30.6 Å². The average molecular weight is 453 g/mol. The molecule has 0 aliphatic carbocycles. The van der Waals surface area contributed by atoms with Crippen molar-refractivity contribution in [2.45, 2.75) is 32.7 Å². The maximum atomic E-state index is 11.9. The van der Waals surface area contributed by atoms with Gasteiger partial charge in [-0.1, -0.05) is 6.08 Å². The summed E-state index contributed by atoms with van der Waals surface area (Å²) in [5, 5.41) is 24.6. The van der Waals surface area contributed by atoms with Crippen LogP contribution in [0.25, 0.3) is 27.9 Å². The number of carboxylic acid groups (broad SMARTS) is 1. The van der Waals surface area contributed by atoms with E-state index in [1.165, 1.54) is 5.57 Å². The van der Waals surface area contributed by atoms with E-state index < -0.39 is 5.91 Å². The minimum Gasteiger partial charge on any atom is -0.493 e. The number of primary amides is 1. The number of ether oxygens (including phenoxy) is 1. The lowest BCUT2D eigenvalue weighted by atomic mass is 9.93. The smallest absolute Gasteiger partial charge is 0.290 e. The Balaban J connectivity index is 0.000000968. The molecule has 2 aromatic heterocycles. The number of fused-ring (bicyclic) bond motifs is 1. The predicted molar refractivity (Wildman–Crippen MR) is 125 cm³/mol. The average Bonchev–Trinajstić information content (AvgIpc) is 3.08. The van der Waals surface area contributed by atoms with E-state index >= 15 is 0 Å². The lowest BCUT2D eigenvalue weighted by Gasteiger charge is -2.28. The number of nitrogens with zero attached hydrogens (tertiary/aromatic N) is 4. The lowest BCUT2D eigenvalue weighted by molar-refractivity contribution is -0.122. The SMILES string of the molecule is CCOc1cc2nn(C)c(-c3ccc(C4=CC(C)(C)NCC4)nn3)c2cc1C(N)=O.O=CO. The van der Waals surface area contributed by atoms with Gasteiger partial charge in [0.1, 0.15) is 11.4 Å². The van der Waals surface area contributed by atoms with E-state index in [1.807, 2.05) is 26.1 Å². The fraction of sp³-hybridized carbons (Fsp3) is 0.348. The Morgan fingerprint density at radius 1 is 1.30 bits per heavy atom. The molecule has 0 bridgehead atoms. The molecule has 1 amide bonds. The third-order valence-corrected chi connectivity index (χ3v) is 5.25.